The van der Waals surface area contributed by atoms with Crippen LogP contribution in [0.1, 0.15) is 24.8 Å². The van der Waals surface area contributed by atoms with Crippen LogP contribution in [0.2, 0.25) is 0 Å². The van der Waals surface area contributed by atoms with Crippen LogP contribution < -0.4 is 0 Å². The fourth-order valence-corrected chi connectivity index (χ4v) is 2.28. The zero-order valence-electron chi connectivity index (χ0n) is 11.7. The molecule has 0 aliphatic carbocycles. The molecule has 1 aliphatic rings. The van der Waals surface area contributed by atoms with Crippen LogP contribution in [0.4, 0.5) is 0 Å². The summed E-state index contributed by atoms with van der Waals surface area (Å²) >= 11 is 0. The van der Waals surface area contributed by atoms with Crippen molar-refractivity contribution in [1.82, 2.24) is 4.90 Å². The number of benzene rings is 1. The maximum atomic E-state index is 11.8. The summed E-state index contributed by atoms with van der Waals surface area (Å²) < 4.78 is 5.42. The number of nitrogens with zero attached hydrogens (tertiary/aromatic N) is 1. The molecule has 0 spiro atoms. The SMILES string of the molecule is O=C1CCN(C(=O)COCCCc2ccccc2)CC1. The maximum absolute atomic E-state index is 11.8. The highest BCUT2D eigenvalue weighted by molar-refractivity contribution is 5.83. The monoisotopic (exact) mass is 275 g/mol. The average Bonchev–Trinajstić information content (AvgIpc) is 2.48. The fourth-order valence-electron chi connectivity index (χ4n) is 2.28. The molecular weight excluding hydrogens is 254 g/mol. The molecular formula is C16H21NO3. The number of ketones is 1. The van der Waals surface area contributed by atoms with Crippen LogP contribution in [0.3, 0.4) is 0 Å². The standard InChI is InChI=1S/C16H21NO3/c18-15-8-10-17(11-9-15)16(19)13-20-12-4-7-14-5-2-1-3-6-14/h1-3,5-6H,4,7-13H2. The van der Waals surface area contributed by atoms with Crippen LogP contribution in [0, 0.1) is 0 Å². The van der Waals surface area contributed by atoms with E-state index >= 15 is 0 Å². The molecule has 0 N–H and O–H groups in total. The number of likely N-dealkylation sites (tertiary alicyclic amines) is 1. The van der Waals surface area contributed by atoms with Crippen LogP contribution in [0.5, 0.6) is 0 Å². The topological polar surface area (TPSA) is 46.6 Å². The number of rotatable bonds is 6. The van der Waals surface area contributed by atoms with E-state index in [4.69, 9.17) is 4.74 Å². The molecule has 1 heterocycles. The van der Waals surface area contributed by atoms with Crippen LogP contribution in [0.25, 0.3) is 0 Å². The second-order valence-corrected chi connectivity index (χ2v) is 5.06. The quantitative estimate of drug-likeness (QED) is 0.744. The van der Waals surface area contributed by atoms with Crippen molar-refractivity contribution >= 4 is 11.7 Å². The third-order valence-corrected chi connectivity index (χ3v) is 3.50. The number of Topliss-reactive ketones (excluding diaryl/α,β-unsaturated/α-hetero) is 1. The van der Waals surface area contributed by atoms with Crippen molar-refractivity contribution in [2.45, 2.75) is 25.7 Å². The van der Waals surface area contributed by atoms with Crippen molar-refractivity contribution in [1.29, 1.82) is 0 Å². The summed E-state index contributed by atoms with van der Waals surface area (Å²) in [5, 5.41) is 0. The zero-order valence-corrected chi connectivity index (χ0v) is 11.7. The Kier molecular flexibility index (Phi) is 5.74. The molecule has 1 aromatic carbocycles. The van der Waals surface area contributed by atoms with Gasteiger partial charge in [-0.05, 0) is 18.4 Å². The first-order valence-electron chi connectivity index (χ1n) is 7.17. The number of piperidine rings is 1. The third-order valence-electron chi connectivity index (χ3n) is 3.50. The van der Waals surface area contributed by atoms with Crippen LogP contribution in [-0.2, 0) is 20.7 Å². The Morgan fingerprint density at radius 1 is 1.15 bits per heavy atom. The van der Waals surface area contributed by atoms with Gasteiger partial charge in [0, 0.05) is 32.5 Å². The molecule has 0 atom stereocenters. The largest absolute Gasteiger partial charge is 0.372 e. The molecule has 1 saturated heterocycles. The first-order valence-corrected chi connectivity index (χ1v) is 7.17. The maximum Gasteiger partial charge on any atom is 0.248 e. The molecule has 4 heteroatoms. The minimum Gasteiger partial charge on any atom is -0.372 e. The van der Waals surface area contributed by atoms with Crippen molar-refractivity contribution in [3.8, 4) is 0 Å². The van der Waals surface area contributed by atoms with E-state index in [1.807, 2.05) is 18.2 Å². The summed E-state index contributed by atoms with van der Waals surface area (Å²) in [5.74, 6) is 0.245. The van der Waals surface area contributed by atoms with Gasteiger partial charge >= 0.3 is 0 Å². The van der Waals surface area contributed by atoms with Crippen molar-refractivity contribution in [2.24, 2.45) is 0 Å². The molecule has 20 heavy (non-hydrogen) atoms. The summed E-state index contributed by atoms with van der Waals surface area (Å²) in [6.07, 6.45) is 2.85. The lowest BCUT2D eigenvalue weighted by atomic mass is 10.1. The molecule has 0 radical (unpaired) electrons. The Labute approximate surface area is 119 Å². The number of hydrogen-bond donors (Lipinski definition) is 0. The second-order valence-electron chi connectivity index (χ2n) is 5.06. The van der Waals surface area contributed by atoms with E-state index in [-0.39, 0.29) is 18.3 Å². The second kappa shape index (κ2) is 7.80. The van der Waals surface area contributed by atoms with Gasteiger partial charge in [-0.3, -0.25) is 9.59 Å². The zero-order chi connectivity index (χ0) is 14.2. The summed E-state index contributed by atoms with van der Waals surface area (Å²) in [5.41, 5.74) is 1.29. The number of ether oxygens (including phenoxy) is 1. The molecule has 1 aliphatic heterocycles. The van der Waals surface area contributed by atoms with E-state index < -0.39 is 0 Å². The highest BCUT2D eigenvalue weighted by atomic mass is 16.5. The van der Waals surface area contributed by atoms with Crippen LogP contribution >= 0.6 is 0 Å². The highest BCUT2D eigenvalue weighted by Crippen LogP contribution is 2.06. The Hall–Kier alpha value is -1.68. The lowest BCUT2D eigenvalue weighted by Crippen LogP contribution is -2.40. The van der Waals surface area contributed by atoms with Crippen molar-refractivity contribution < 1.29 is 14.3 Å². The van der Waals surface area contributed by atoms with Gasteiger partial charge in [0.25, 0.3) is 0 Å². The van der Waals surface area contributed by atoms with Crippen molar-refractivity contribution in [3.63, 3.8) is 0 Å². The lowest BCUT2D eigenvalue weighted by Gasteiger charge is -2.25. The van der Waals surface area contributed by atoms with Gasteiger partial charge < -0.3 is 9.64 Å². The van der Waals surface area contributed by atoms with E-state index in [9.17, 15) is 9.59 Å². The van der Waals surface area contributed by atoms with E-state index in [1.54, 1.807) is 4.90 Å². The minimum atomic E-state index is -0.00258. The summed E-state index contributed by atoms with van der Waals surface area (Å²) in [6.45, 7) is 1.81. The third kappa shape index (κ3) is 4.78. The van der Waals surface area contributed by atoms with Gasteiger partial charge in [-0.25, -0.2) is 0 Å². The van der Waals surface area contributed by atoms with Crippen LogP contribution in [-0.4, -0.2) is 42.9 Å². The molecule has 0 bridgehead atoms. The molecule has 0 saturated carbocycles. The molecule has 1 fully saturated rings. The Balaban J connectivity index is 1.57. The van der Waals surface area contributed by atoms with Crippen molar-refractivity contribution in [2.75, 3.05) is 26.3 Å². The summed E-state index contributed by atoms with van der Waals surface area (Å²) in [7, 11) is 0. The van der Waals surface area contributed by atoms with Gasteiger partial charge in [-0.15, -0.1) is 0 Å². The first-order chi connectivity index (χ1) is 9.75. The number of aryl methyl sites for hydroxylation is 1. The predicted molar refractivity (Wildman–Crippen MR) is 76.4 cm³/mol. The Bertz CT molecular complexity index is 434. The molecule has 0 unspecified atom stereocenters. The number of amides is 1. The predicted octanol–water partition coefficient (Wildman–Crippen LogP) is 1.83. The summed E-state index contributed by atoms with van der Waals surface area (Å²) in [4.78, 5) is 24.6. The van der Waals surface area contributed by atoms with Gasteiger partial charge in [0.2, 0.25) is 5.91 Å². The van der Waals surface area contributed by atoms with Gasteiger partial charge in [0.1, 0.15) is 12.4 Å². The molecule has 108 valence electrons. The van der Waals surface area contributed by atoms with Crippen LogP contribution in [0.15, 0.2) is 30.3 Å². The van der Waals surface area contributed by atoms with Gasteiger partial charge in [0.15, 0.2) is 0 Å². The summed E-state index contributed by atoms with van der Waals surface area (Å²) in [6, 6.07) is 10.2. The van der Waals surface area contributed by atoms with Gasteiger partial charge in [0.05, 0.1) is 0 Å². The minimum absolute atomic E-state index is 0.00258. The van der Waals surface area contributed by atoms with Crippen molar-refractivity contribution in [3.05, 3.63) is 35.9 Å². The molecule has 1 amide bonds. The van der Waals surface area contributed by atoms with Gasteiger partial charge in [-0.1, -0.05) is 30.3 Å². The number of carbonyl (C=O) groups is 2. The lowest BCUT2D eigenvalue weighted by molar-refractivity contribution is -0.138. The molecule has 1 aromatic rings. The average molecular weight is 275 g/mol. The number of hydrogen-bond acceptors (Lipinski definition) is 3. The number of carbonyl (C=O) groups excluding carboxylic acids is 2. The van der Waals surface area contributed by atoms with Gasteiger partial charge in [-0.2, -0.15) is 0 Å². The fraction of sp³-hybridized carbons (Fsp3) is 0.500. The Morgan fingerprint density at radius 2 is 1.85 bits per heavy atom. The molecule has 2 rings (SSSR count). The molecule has 0 aromatic heterocycles. The van der Waals surface area contributed by atoms with E-state index in [0.29, 0.717) is 32.5 Å². The first kappa shape index (κ1) is 14.7. The Morgan fingerprint density at radius 3 is 2.55 bits per heavy atom. The smallest absolute Gasteiger partial charge is 0.248 e. The normalized spacial score (nSPS) is 15.4. The van der Waals surface area contributed by atoms with E-state index in [0.717, 1.165) is 12.8 Å². The molecule has 4 nitrogen and oxygen atoms in total. The van der Waals surface area contributed by atoms with E-state index in [1.165, 1.54) is 5.56 Å². The van der Waals surface area contributed by atoms with E-state index in [2.05, 4.69) is 12.1 Å². The highest BCUT2D eigenvalue weighted by Gasteiger charge is 2.20.